The second kappa shape index (κ2) is 5.95. The molecule has 3 heterocycles. The van der Waals surface area contributed by atoms with E-state index >= 15 is 0 Å². The molecule has 0 unspecified atom stereocenters. The van der Waals surface area contributed by atoms with Crippen molar-refractivity contribution in [2.75, 3.05) is 18.8 Å². The summed E-state index contributed by atoms with van der Waals surface area (Å²) in [6, 6.07) is 8.43. The standard InChI is InChI=1S/C16H18N4S2/c17-16-18-9-12(21-16)10-20-7-5-11(6-8-20)15-19-13-3-1-2-4-14(13)22-15/h1-4,9,11H,5-8,10H2,(H2,17,18). The molecule has 2 aromatic heterocycles. The number of likely N-dealkylation sites (tertiary alicyclic amines) is 1. The highest BCUT2D eigenvalue weighted by atomic mass is 32.1. The molecule has 3 aromatic rings. The molecule has 0 saturated carbocycles. The van der Waals surface area contributed by atoms with Crippen molar-refractivity contribution in [3.05, 3.63) is 40.3 Å². The van der Waals surface area contributed by atoms with Gasteiger partial charge < -0.3 is 5.73 Å². The zero-order valence-corrected chi connectivity index (χ0v) is 13.9. The van der Waals surface area contributed by atoms with E-state index in [0.717, 1.165) is 25.2 Å². The summed E-state index contributed by atoms with van der Waals surface area (Å²) in [5.41, 5.74) is 6.84. The zero-order valence-electron chi connectivity index (χ0n) is 12.2. The molecule has 0 spiro atoms. The molecule has 0 bridgehead atoms. The van der Waals surface area contributed by atoms with Gasteiger partial charge in [-0.15, -0.1) is 22.7 Å². The van der Waals surface area contributed by atoms with Crippen molar-refractivity contribution < 1.29 is 0 Å². The first-order chi connectivity index (χ1) is 10.8. The molecule has 6 heteroatoms. The van der Waals surface area contributed by atoms with E-state index in [1.807, 2.05) is 17.5 Å². The average Bonchev–Trinajstić information content (AvgIpc) is 3.14. The first-order valence-corrected chi connectivity index (χ1v) is 9.19. The number of para-hydroxylation sites is 1. The third-order valence-corrected chi connectivity index (χ3v) is 6.21. The van der Waals surface area contributed by atoms with Crippen molar-refractivity contribution in [2.45, 2.75) is 25.3 Å². The number of fused-ring (bicyclic) bond motifs is 1. The van der Waals surface area contributed by atoms with Crippen LogP contribution in [-0.2, 0) is 6.54 Å². The SMILES string of the molecule is Nc1ncc(CN2CCC(c3nc4ccccc4s3)CC2)s1. The maximum Gasteiger partial charge on any atom is 0.180 e. The van der Waals surface area contributed by atoms with Gasteiger partial charge in [-0.1, -0.05) is 12.1 Å². The molecule has 4 rings (SSSR count). The van der Waals surface area contributed by atoms with E-state index < -0.39 is 0 Å². The quantitative estimate of drug-likeness (QED) is 0.795. The van der Waals surface area contributed by atoms with Crippen LogP contribution in [0.15, 0.2) is 30.5 Å². The Hall–Kier alpha value is -1.50. The highest BCUT2D eigenvalue weighted by Gasteiger charge is 2.23. The van der Waals surface area contributed by atoms with Crippen molar-refractivity contribution >= 4 is 38.0 Å². The molecule has 0 amide bonds. The Morgan fingerprint density at radius 1 is 1.18 bits per heavy atom. The van der Waals surface area contributed by atoms with Crippen LogP contribution in [0, 0.1) is 0 Å². The summed E-state index contributed by atoms with van der Waals surface area (Å²) >= 11 is 3.45. The van der Waals surface area contributed by atoms with Crippen molar-refractivity contribution in [1.29, 1.82) is 0 Å². The molecule has 1 fully saturated rings. The normalized spacial score (nSPS) is 17.3. The van der Waals surface area contributed by atoms with E-state index in [1.165, 1.54) is 27.4 Å². The van der Waals surface area contributed by atoms with Crippen LogP contribution in [0.2, 0.25) is 0 Å². The van der Waals surface area contributed by atoms with Gasteiger partial charge >= 0.3 is 0 Å². The van der Waals surface area contributed by atoms with E-state index in [2.05, 4.69) is 34.1 Å². The lowest BCUT2D eigenvalue weighted by Gasteiger charge is -2.30. The van der Waals surface area contributed by atoms with Crippen LogP contribution in [0.5, 0.6) is 0 Å². The summed E-state index contributed by atoms with van der Waals surface area (Å²) < 4.78 is 1.31. The number of hydrogen-bond acceptors (Lipinski definition) is 6. The van der Waals surface area contributed by atoms with Gasteiger partial charge in [0.05, 0.1) is 15.2 Å². The number of benzene rings is 1. The lowest BCUT2D eigenvalue weighted by Crippen LogP contribution is -2.32. The lowest BCUT2D eigenvalue weighted by molar-refractivity contribution is 0.206. The molecule has 1 saturated heterocycles. The second-order valence-corrected chi connectivity index (χ2v) is 7.94. The largest absolute Gasteiger partial charge is 0.375 e. The number of nitrogen functional groups attached to an aromatic ring is 1. The van der Waals surface area contributed by atoms with Crippen LogP contribution in [0.25, 0.3) is 10.2 Å². The maximum absolute atomic E-state index is 5.70. The fourth-order valence-corrected chi connectivity index (χ4v) is 4.88. The number of anilines is 1. The van der Waals surface area contributed by atoms with Crippen LogP contribution < -0.4 is 5.73 Å². The summed E-state index contributed by atoms with van der Waals surface area (Å²) in [5.74, 6) is 0.611. The van der Waals surface area contributed by atoms with E-state index in [4.69, 9.17) is 10.7 Å². The summed E-state index contributed by atoms with van der Waals surface area (Å²) in [6.45, 7) is 3.22. The number of nitrogens with zero attached hydrogens (tertiary/aromatic N) is 3. The van der Waals surface area contributed by atoms with Crippen molar-refractivity contribution in [1.82, 2.24) is 14.9 Å². The van der Waals surface area contributed by atoms with Gasteiger partial charge in [-0.05, 0) is 38.1 Å². The second-order valence-electron chi connectivity index (χ2n) is 5.74. The van der Waals surface area contributed by atoms with Crippen LogP contribution in [-0.4, -0.2) is 28.0 Å². The van der Waals surface area contributed by atoms with Gasteiger partial charge in [0, 0.05) is 23.5 Å². The predicted octanol–water partition coefficient (Wildman–Crippen LogP) is 3.71. The summed E-state index contributed by atoms with van der Waals surface area (Å²) in [7, 11) is 0. The highest BCUT2D eigenvalue weighted by Crippen LogP contribution is 2.34. The van der Waals surface area contributed by atoms with Crippen molar-refractivity contribution in [2.24, 2.45) is 0 Å². The fraction of sp³-hybridized carbons (Fsp3) is 0.375. The molecule has 1 aliphatic rings. The van der Waals surface area contributed by atoms with Gasteiger partial charge in [0.1, 0.15) is 0 Å². The number of aromatic nitrogens is 2. The van der Waals surface area contributed by atoms with Gasteiger partial charge in [-0.3, -0.25) is 4.90 Å². The first-order valence-electron chi connectivity index (χ1n) is 7.56. The van der Waals surface area contributed by atoms with Crippen molar-refractivity contribution in [3.63, 3.8) is 0 Å². The Morgan fingerprint density at radius 2 is 2.00 bits per heavy atom. The number of piperidine rings is 1. The molecule has 4 nitrogen and oxygen atoms in total. The molecule has 0 radical (unpaired) electrons. The fourth-order valence-electron chi connectivity index (χ4n) is 3.02. The predicted molar refractivity (Wildman–Crippen MR) is 93.4 cm³/mol. The Morgan fingerprint density at radius 3 is 2.73 bits per heavy atom. The first kappa shape index (κ1) is 14.1. The minimum Gasteiger partial charge on any atom is -0.375 e. The smallest absolute Gasteiger partial charge is 0.180 e. The van der Waals surface area contributed by atoms with Gasteiger partial charge in [-0.2, -0.15) is 0 Å². The molecule has 1 aliphatic heterocycles. The van der Waals surface area contributed by atoms with Gasteiger partial charge in [0.25, 0.3) is 0 Å². The monoisotopic (exact) mass is 330 g/mol. The third kappa shape index (κ3) is 2.86. The number of nitrogens with two attached hydrogens (primary N) is 1. The van der Waals surface area contributed by atoms with Crippen LogP contribution in [0.3, 0.4) is 0 Å². The average molecular weight is 330 g/mol. The third-order valence-electron chi connectivity index (χ3n) is 4.20. The van der Waals surface area contributed by atoms with Crippen LogP contribution in [0.1, 0.15) is 28.6 Å². The Labute approximate surface area is 137 Å². The molecule has 0 atom stereocenters. The summed E-state index contributed by atoms with van der Waals surface area (Å²) in [5, 5.41) is 1.97. The number of hydrogen-bond donors (Lipinski definition) is 1. The minimum atomic E-state index is 0.611. The molecule has 1 aromatic carbocycles. The molecule has 22 heavy (non-hydrogen) atoms. The molecule has 114 valence electrons. The Kier molecular flexibility index (Phi) is 3.82. The van der Waals surface area contributed by atoms with Crippen LogP contribution in [0.4, 0.5) is 5.13 Å². The number of rotatable bonds is 3. The molecule has 0 aliphatic carbocycles. The van der Waals surface area contributed by atoms with Crippen molar-refractivity contribution in [3.8, 4) is 0 Å². The molecular formula is C16H18N4S2. The van der Waals surface area contributed by atoms with E-state index in [0.29, 0.717) is 11.0 Å². The Bertz CT molecular complexity index is 738. The molecule has 2 N–H and O–H groups in total. The molecular weight excluding hydrogens is 312 g/mol. The Balaban J connectivity index is 1.40. The van der Waals surface area contributed by atoms with E-state index in [-0.39, 0.29) is 0 Å². The maximum atomic E-state index is 5.70. The van der Waals surface area contributed by atoms with Crippen LogP contribution >= 0.6 is 22.7 Å². The zero-order chi connectivity index (χ0) is 14.9. The van der Waals surface area contributed by atoms with Gasteiger partial charge in [-0.25, -0.2) is 9.97 Å². The topological polar surface area (TPSA) is 55.0 Å². The van der Waals surface area contributed by atoms with E-state index in [1.54, 1.807) is 11.3 Å². The number of thiazole rings is 2. The summed E-state index contributed by atoms with van der Waals surface area (Å²) in [6.07, 6.45) is 4.28. The van der Waals surface area contributed by atoms with Gasteiger partial charge in [0.2, 0.25) is 0 Å². The minimum absolute atomic E-state index is 0.611. The lowest BCUT2D eigenvalue weighted by atomic mass is 9.97. The highest BCUT2D eigenvalue weighted by molar-refractivity contribution is 7.18. The van der Waals surface area contributed by atoms with Gasteiger partial charge in [0.15, 0.2) is 5.13 Å². The van der Waals surface area contributed by atoms with E-state index in [9.17, 15) is 0 Å². The summed E-state index contributed by atoms with van der Waals surface area (Å²) in [4.78, 5) is 12.7.